The van der Waals surface area contributed by atoms with Gasteiger partial charge in [-0.05, 0) is 19.8 Å². The fourth-order valence-electron chi connectivity index (χ4n) is 3.65. The molecule has 0 spiro atoms. The summed E-state index contributed by atoms with van der Waals surface area (Å²) in [5.41, 5.74) is -0.250. The number of nitrogens with zero attached hydrogens (tertiary/aromatic N) is 3. The van der Waals surface area contributed by atoms with Crippen molar-refractivity contribution >= 4 is 17.5 Å². The summed E-state index contributed by atoms with van der Waals surface area (Å²) in [6.07, 6.45) is 4.86. The number of nitrogens with one attached hydrogen (secondary N) is 1. The van der Waals surface area contributed by atoms with Gasteiger partial charge < -0.3 is 10.0 Å². The molecule has 0 bridgehead atoms. The van der Waals surface area contributed by atoms with Crippen molar-refractivity contribution in [3.8, 4) is 0 Å². The minimum Gasteiger partial charge on any atom is -0.479 e. The highest BCUT2D eigenvalue weighted by molar-refractivity contribution is 5.88. The van der Waals surface area contributed by atoms with Crippen LogP contribution in [0.15, 0.2) is 17.1 Å². The van der Waals surface area contributed by atoms with Crippen molar-refractivity contribution in [1.82, 2.24) is 19.5 Å². The van der Waals surface area contributed by atoms with Gasteiger partial charge in [0.1, 0.15) is 5.54 Å². The molecule has 1 saturated carbocycles. The molecule has 0 aromatic carbocycles. The molecule has 1 amide bonds. The van der Waals surface area contributed by atoms with Crippen molar-refractivity contribution in [2.45, 2.75) is 51.0 Å². The number of hydrogen-bond acceptors (Lipinski definition) is 4. The third-order valence-electron chi connectivity index (χ3n) is 5.27. The van der Waals surface area contributed by atoms with Gasteiger partial charge in [-0.2, -0.15) is 0 Å². The van der Waals surface area contributed by atoms with E-state index >= 15 is 0 Å². The van der Waals surface area contributed by atoms with E-state index in [-0.39, 0.29) is 23.5 Å². The van der Waals surface area contributed by atoms with E-state index in [1.165, 1.54) is 16.5 Å². The average Bonchev–Trinajstić information content (AvgIpc) is 3.06. The predicted molar refractivity (Wildman–Crippen MR) is 90.5 cm³/mol. The summed E-state index contributed by atoms with van der Waals surface area (Å²) in [7, 11) is 1.52. The van der Waals surface area contributed by atoms with Crippen LogP contribution in [0.25, 0.3) is 5.65 Å². The first-order chi connectivity index (χ1) is 11.9. The van der Waals surface area contributed by atoms with E-state index in [9.17, 15) is 19.5 Å². The summed E-state index contributed by atoms with van der Waals surface area (Å²) >= 11 is 0. The maximum absolute atomic E-state index is 12.8. The molecule has 25 heavy (non-hydrogen) atoms. The number of aliphatic carboxylic acids is 1. The average molecular weight is 346 g/mol. The molecule has 2 heterocycles. The summed E-state index contributed by atoms with van der Waals surface area (Å²) in [5.74, 6) is -1.35. The Bertz CT molecular complexity index is 876. The lowest BCUT2D eigenvalue weighted by Gasteiger charge is -2.41. The molecule has 0 saturated heterocycles. The molecule has 1 aliphatic carbocycles. The van der Waals surface area contributed by atoms with Crippen LogP contribution in [0.2, 0.25) is 0 Å². The van der Waals surface area contributed by atoms with E-state index in [2.05, 4.69) is 10.1 Å². The first kappa shape index (κ1) is 17.2. The highest BCUT2D eigenvalue weighted by atomic mass is 16.4. The van der Waals surface area contributed by atoms with Crippen LogP contribution in [0.1, 0.15) is 43.4 Å². The summed E-state index contributed by atoms with van der Waals surface area (Å²) in [6.45, 7) is 1.69. The Morgan fingerprint density at radius 2 is 2.04 bits per heavy atom. The van der Waals surface area contributed by atoms with E-state index < -0.39 is 11.5 Å². The zero-order valence-corrected chi connectivity index (χ0v) is 14.4. The number of hydrogen-bond donors (Lipinski definition) is 2. The fraction of sp³-hybridized carbons (Fsp3) is 0.529. The van der Waals surface area contributed by atoms with Crippen molar-refractivity contribution in [1.29, 1.82) is 0 Å². The third kappa shape index (κ3) is 2.81. The number of amides is 1. The molecule has 1 aliphatic rings. The largest absolute Gasteiger partial charge is 0.479 e. The van der Waals surface area contributed by atoms with E-state index in [1.54, 1.807) is 19.2 Å². The Morgan fingerprint density at radius 1 is 1.36 bits per heavy atom. The van der Waals surface area contributed by atoms with Crippen LogP contribution in [0.4, 0.5) is 0 Å². The lowest BCUT2D eigenvalue weighted by Crippen LogP contribution is -2.56. The summed E-state index contributed by atoms with van der Waals surface area (Å²) in [5, 5.41) is 12.5. The van der Waals surface area contributed by atoms with Gasteiger partial charge >= 0.3 is 5.97 Å². The molecule has 134 valence electrons. The van der Waals surface area contributed by atoms with Gasteiger partial charge in [0.2, 0.25) is 5.91 Å². The van der Waals surface area contributed by atoms with Gasteiger partial charge in [0.05, 0.1) is 6.42 Å². The second-order valence-corrected chi connectivity index (χ2v) is 6.66. The number of rotatable bonds is 4. The van der Waals surface area contributed by atoms with Crippen LogP contribution in [0.5, 0.6) is 0 Å². The molecule has 2 aromatic heterocycles. The van der Waals surface area contributed by atoms with Crippen LogP contribution in [-0.4, -0.2) is 49.1 Å². The van der Waals surface area contributed by atoms with E-state index in [1.807, 2.05) is 0 Å². The molecule has 8 heteroatoms. The van der Waals surface area contributed by atoms with Crippen LogP contribution in [-0.2, 0) is 16.0 Å². The van der Waals surface area contributed by atoms with Gasteiger partial charge in [-0.1, -0.05) is 19.3 Å². The SMILES string of the molecule is Cc1nc2cc[nH]n2c(=O)c1CC(=O)N(C)C1(C(=O)O)CCCCC1. The number of aryl methyl sites for hydroxylation is 1. The maximum atomic E-state index is 12.8. The Balaban J connectivity index is 1.91. The predicted octanol–water partition coefficient (Wildman–Crippen LogP) is 1.12. The van der Waals surface area contributed by atoms with E-state index in [0.29, 0.717) is 24.2 Å². The molecule has 2 N–H and O–H groups in total. The third-order valence-corrected chi connectivity index (χ3v) is 5.27. The van der Waals surface area contributed by atoms with Gasteiger partial charge in [0.25, 0.3) is 5.56 Å². The quantitative estimate of drug-likeness (QED) is 0.862. The number of H-pyrrole nitrogens is 1. The van der Waals surface area contributed by atoms with Crippen LogP contribution >= 0.6 is 0 Å². The van der Waals surface area contributed by atoms with Crippen LogP contribution in [0, 0.1) is 6.92 Å². The second kappa shape index (κ2) is 6.34. The van der Waals surface area contributed by atoms with Gasteiger partial charge in [-0.15, -0.1) is 0 Å². The number of carbonyl (C=O) groups is 2. The molecule has 0 atom stereocenters. The topological polar surface area (TPSA) is 108 Å². The van der Waals surface area contributed by atoms with Gasteiger partial charge in [0, 0.05) is 30.6 Å². The fourth-order valence-corrected chi connectivity index (χ4v) is 3.65. The first-order valence-corrected chi connectivity index (χ1v) is 8.42. The standard InChI is InChI=1S/C17H22N4O4/c1-11-12(15(23)21-13(19-11)6-9-18-21)10-14(22)20(2)17(16(24)25)7-4-3-5-8-17/h6,9,18H,3-5,7-8,10H2,1-2H3,(H,24,25). The maximum Gasteiger partial charge on any atom is 0.329 e. The van der Waals surface area contributed by atoms with Crippen LogP contribution < -0.4 is 5.56 Å². The lowest BCUT2D eigenvalue weighted by atomic mass is 9.80. The zero-order valence-electron chi connectivity index (χ0n) is 14.4. The molecule has 0 unspecified atom stereocenters. The number of aromatic nitrogens is 3. The molecule has 1 fully saturated rings. The van der Waals surface area contributed by atoms with E-state index in [0.717, 1.165) is 19.3 Å². The highest BCUT2D eigenvalue weighted by Crippen LogP contribution is 2.33. The van der Waals surface area contributed by atoms with Crippen LogP contribution in [0.3, 0.4) is 0 Å². The molecule has 2 aromatic rings. The minimum atomic E-state index is -1.18. The molecule has 0 aliphatic heterocycles. The van der Waals surface area contributed by atoms with Crippen molar-refractivity contribution < 1.29 is 14.7 Å². The normalized spacial score (nSPS) is 16.7. The second-order valence-electron chi connectivity index (χ2n) is 6.66. The van der Waals surface area contributed by atoms with E-state index in [4.69, 9.17) is 0 Å². The Hall–Kier alpha value is -2.64. The number of carbonyl (C=O) groups excluding carboxylic acids is 1. The summed E-state index contributed by atoms with van der Waals surface area (Å²) in [6, 6.07) is 1.67. The molecular formula is C17H22N4O4. The van der Waals surface area contributed by atoms with Crippen molar-refractivity contribution in [3.63, 3.8) is 0 Å². The number of likely N-dealkylation sites (N-methyl/N-ethyl adjacent to an activating group) is 1. The smallest absolute Gasteiger partial charge is 0.329 e. The Kier molecular flexibility index (Phi) is 4.36. The molecule has 3 rings (SSSR count). The van der Waals surface area contributed by atoms with Crippen molar-refractivity contribution in [2.24, 2.45) is 0 Å². The zero-order chi connectivity index (χ0) is 18.2. The number of carboxylic acids is 1. The number of carboxylic acid groups (broad SMARTS) is 1. The minimum absolute atomic E-state index is 0.162. The summed E-state index contributed by atoms with van der Waals surface area (Å²) in [4.78, 5) is 42.8. The van der Waals surface area contributed by atoms with Gasteiger partial charge in [0.15, 0.2) is 5.65 Å². The highest BCUT2D eigenvalue weighted by Gasteiger charge is 2.45. The Labute approximate surface area is 144 Å². The molecular weight excluding hydrogens is 324 g/mol. The molecule has 0 radical (unpaired) electrons. The van der Waals surface area contributed by atoms with Crippen molar-refractivity contribution in [2.75, 3.05) is 7.05 Å². The monoisotopic (exact) mass is 346 g/mol. The molecule has 8 nitrogen and oxygen atoms in total. The van der Waals surface area contributed by atoms with Crippen molar-refractivity contribution in [3.05, 3.63) is 33.9 Å². The summed E-state index contributed by atoms with van der Waals surface area (Å²) < 4.78 is 1.28. The Morgan fingerprint density at radius 3 is 2.68 bits per heavy atom. The number of aromatic amines is 1. The number of fused-ring (bicyclic) bond motifs is 1. The lowest BCUT2D eigenvalue weighted by molar-refractivity contribution is -0.160. The first-order valence-electron chi connectivity index (χ1n) is 8.42. The van der Waals surface area contributed by atoms with Gasteiger partial charge in [-0.3, -0.25) is 14.7 Å². The van der Waals surface area contributed by atoms with Gasteiger partial charge in [-0.25, -0.2) is 14.3 Å².